The smallest absolute Gasteiger partial charge is 0.315 e. The minimum absolute atomic E-state index is 0.0702. The second-order valence-corrected chi connectivity index (χ2v) is 5.89. The summed E-state index contributed by atoms with van der Waals surface area (Å²) in [6.07, 6.45) is -0.861. The Kier molecular flexibility index (Phi) is 6.40. The number of aliphatic hydroxyl groups excluding tert-OH is 1. The van der Waals surface area contributed by atoms with Crippen LogP contribution in [0.2, 0.25) is 5.02 Å². The maximum atomic E-state index is 11.9. The van der Waals surface area contributed by atoms with Crippen LogP contribution in [-0.4, -0.2) is 36.8 Å². The molecule has 1 aromatic heterocycles. The maximum Gasteiger partial charge on any atom is 0.315 e. The molecule has 2 aromatic rings. The highest BCUT2D eigenvalue weighted by Crippen LogP contribution is 2.21. The van der Waals surface area contributed by atoms with Gasteiger partial charge in [0.25, 0.3) is 0 Å². The first kappa shape index (κ1) is 18.0. The molecular formula is C17H21ClN4O2. The van der Waals surface area contributed by atoms with Crippen molar-refractivity contribution in [3.63, 3.8) is 0 Å². The average molecular weight is 349 g/mol. The third-order valence-electron chi connectivity index (χ3n) is 3.40. The Labute approximate surface area is 146 Å². The van der Waals surface area contributed by atoms with E-state index in [-0.39, 0.29) is 12.6 Å². The number of anilines is 1. The lowest BCUT2D eigenvalue weighted by molar-refractivity contribution is 0.173. The molecule has 0 aliphatic rings. The number of pyridine rings is 1. The number of hydrogen-bond acceptors (Lipinski definition) is 4. The standard InChI is InChI=1S/C17H21ClN4O2/c1-22(2)16-9-5-6-12(21-16)10-19-17(24)20-11-15(23)13-7-3-4-8-14(13)18/h3-9,15,23H,10-11H2,1-2H3,(H2,19,20,24). The highest BCUT2D eigenvalue weighted by atomic mass is 35.5. The first-order chi connectivity index (χ1) is 11.5. The number of benzene rings is 1. The number of nitrogens with one attached hydrogen (secondary N) is 2. The van der Waals surface area contributed by atoms with Crippen LogP contribution in [-0.2, 0) is 6.54 Å². The molecule has 2 rings (SSSR count). The molecule has 1 aromatic carbocycles. The SMILES string of the molecule is CN(C)c1cccc(CNC(=O)NCC(O)c2ccccc2Cl)n1. The van der Waals surface area contributed by atoms with Gasteiger partial charge in [-0.05, 0) is 18.2 Å². The highest BCUT2D eigenvalue weighted by Gasteiger charge is 2.12. The molecule has 128 valence electrons. The predicted molar refractivity (Wildman–Crippen MR) is 95.2 cm³/mol. The molecule has 24 heavy (non-hydrogen) atoms. The van der Waals surface area contributed by atoms with Crippen LogP contribution in [0.15, 0.2) is 42.5 Å². The number of halogens is 1. The third kappa shape index (κ3) is 5.11. The molecule has 0 fully saturated rings. The molecular weight excluding hydrogens is 328 g/mol. The van der Waals surface area contributed by atoms with Crippen LogP contribution in [0, 0.1) is 0 Å². The number of carbonyl (C=O) groups excluding carboxylic acids is 1. The fourth-order valence-corrected chi connectivity index (χ4v) is 2.35. The Morgan fingerprint density at radius 1 is 1.21 bits per heavy atom. The van der Waals surface area contributed by atoms with Crippen molar-refractivity contribution in [3.05, 3.63) is 58.7 Å². The maximum absolute atomic E-state index is 11.9. The number of carbonyl (C=O) groups is 1. The molecule has 2 amide bonds. The predicted octanol–water partition coefficient (Wildman–Crippen LogP) is 2.33. The molecule has 7 heteroatoms. The van der Waals surface area contributed by atoms with E-state index in [1.807, 2.05) is 37.2 Å². The third-order valence-corrected chi connectivity index (χ3v) is 3.74. The number of aliphatic hydroxyl groups is 1. The lowest BCUT2D eigenvalue weighted by Crippen LogP contribution is -2.37. The van der Waals surface area contributed by atoms with Gasteiger partial charge in [0.15, 0.2) is 0 Å². The Morgan fingerprint density at radius 3 is 2.67 bits per heavy atom. The summed E-state index contributed by atoms with van der Waals surface area (Å²) in [5.74, 6) is 0.823. The minimum Gasteiger partial charge on any atom is -0.387 e. The van der Waals surface area contributed by atoms with Gasteiger partial charge in [-0.1, -0.05) is 35.9 Å². The van der Waals surface area contributed by atoms with Gasteiger partial charge < -0.3 is 20.6 Å². The van der Waals surface area contributed by atoms with Gasteiger partial charge in [-0.3, -0.25) is 0 Å². The summed E-state index contributed by atoms with van der Waals surface area (Å²) >= 11 is 6.02. The van der Waals surface area contributed by atoms with Gasteiger partial charge in [0.05, 0.1) is 18.3 Å². The molecule has 1 unspecified atom stereocenters. The van der Waals surface area contributed by atoms with E-state index in [0.29, 0.717) is 17.1 Å². The lowest BCUT2D eigenvalue weighted by atomic mass is 10.1. The number of hydrogen-bond donors (Lipinski definition) is 3. The van der Waals surface area contributed by atoms with E-state index < -0.39 is 6.10 Å². The summed E-state index contributed by atoms with van der Waals surface area (Å²) < 4.78 is 0. The van der Waals surface area contributed by atoms with Crippen molar-refractivity contribution < 1.29 is 9.90 Å². The average Bonchev–Trinajstić information content (AvgIpc) is 2.58. The molecule has 0 spiro atoms. The van der Waals surface area contributed by atoms with Gasteiger partial charge in [0.2, 0.25) is 0 Å². The lowest BCUT2D eigenvalue weighted by Gasteiger charge is -2.15. The van der Waals surface area contributed by atoms with Crippen LogP contribution < -0.4 is 15.5 Å². The summed E-state index contributed by atoms with van der Waals surface area (Å²) in [7, 11) is 3.81. The zero-order chi connectivity index (χ0) is 17.5. The van der Waals surface area contributed by atoms with Gasteiger partial charge in [0, 0.05) is 31.2 Å². The zero-order valence-corrected chi connectivity index (χ0v) is 14.4. The van der Waals surface area contributed by atoms with E-state index in [0.717, 1.165) is 11.5 Å². The number of amides is 2. The van der Waals surface area contributed by atoms with E-state index in [1.54, 1.807) is 24.3 Å². The summed E-state index contributed by atoms with van der Waals surface area (Å²) in [4.78, 5) is 18.2. The molecule has 1 heterocycles. The summed E-state index contributed by atoms with van der Waals surface area (Å²) in [6.45, 7) is 0.371. The topological polar surface area (TPSA) is 77.5 Å². The van der Waals surface area contributed by atoms with Crippen LogP contribution >= 0.6 is 11.6 Å². The second kappa shape index (κ2) is 8.52. The van der Waals surface area contributed by atoms with E-state index in [9.17, 15) is 9.90 Å². The van der Waals surface area contributed by atoms with Crippen LogP contribution in [0.3, 0.4) is 0 Å². The van der Waals surface area contributed by atoms with Crippen molar-refractivity contribution in [2.24, 2.45) is 0 Å². The van der Waals surface area contributed by atoms with E-state index >= 15 is 0 Å². The van der Waals surface area contributed by atoms with Crippen LogP contribution in [0.1, 0.15) is 17.4 Å². The van der Waals surface area contributed by atoms with Crippen molar-refractivity contribution in [1.29, 1.82) is 0 Å². The largest absolute Gasteiger partial charge is 0.387 e. The molecule has 0 radical (unpaired) electrons. The van der Waals surface area contributed by atoms with E-state index in [4.69, 9.17) is 11.6 Å². The molecule has 0 saturated heterocycles. The minimum atomic E-state index is -0.861. The van der Waals surface area contributed by atoms with Crippen LogP contribution in [0.4, 0.5) is 10.6 Å². The number of urea groups is 1. The molecule has 3 N–H and O–H groups in total. The second-order valence-electron chi connectivity index (χ2n) is 5.48. The summed E-state index contributed by atoms with van der Waals surface area (Å²) in [5, 5.41) is 15.9. The number of nitrogens with zero attached hydrogens (tertiary/aromatic N) is 2. The quantitative estimate of drug-likeness (QED) is 0.748. The molecule has 0 saturated carbocycles. The molecule has 6 nitrogen and oxygen atoms in total. The first-order valence-corrected chi connectivity index (χ1v) is 7.92. The first-order valence-electron chi connectivity index (χ1n) is 7.55. The Bertz CT molecular complexity index is 694. The number of rotatable bonds is 6. The fourth-order valence-electron chi connectivity index (χ4n) is 2.09. The van der Waals surface area contributed by atoms with Gasteiger partial charge in [-0.25, -0.2) is 9.78 Å². The monoisotopic (exact) mass is 348 g/mol. The van der Waals surface area contributed by atoms with Gasteiger partial charge >= 0.3 is 6.03 Å². The van der Waals surface area contributed by atoms with Gasteiger partial charge in [-0.15, -0.1) is 0 Å². The van der Waals surface area contributed by atoms with Gasteiger partial charge in [-0.2, -0.15) is 0 Å². The van der Waals surface area contributed by atoms with Crippen LogP contribution in [0.5, 0.6) is 0 Å². The van der Waals surface area contributed by atoms with Crippen molar-refractivity contribution in [2.75, 3.05) is 25.5 Å². The Morgan fingerprint density at radius 2 is 1.96 bits per heavy atom. The molecule has 0 aliphatic carbocycles. The summed E-state index contributed by atoms with van der Waals surface area (Å²) in [6, 6.07) is 12.2. The van der Waals surface area contributed by atoms with Gasteiger partial charge in [0.1, 0.15) is 5.82 Å². The van der Waals surface area contributed by atoms with E-state index in [1.165, 1.54) is 0 Å². The van der Waals surface area contributed by atoms with Crippen molar-refractivity contribution in [3.8, 4) is 0 Å². The molecule has 1 atom stereocenters. The zero-order valence-electron chi connectivity index (χ0n) is 13.7. The Balaban J connectivity index is 1.81. The Hall–Kier alpha value is -2.31. The molecule has 0 bridgehead atoms. The molecule has 0 aliphatic heterocycles. The number of aromatic nitrogens is 1. The summed E-state index contributed by atoms with van der Waals surface area (Å²) in [5.41, 5.74) is 1.34. The van der Waals surface area contributed by atoms with Crippen molar-refractivity contribution in [1.82, 2.24) is 15.6 Å². The fraction of sp³-hybridized carbons (Fsp3) is 0.294. The van der Waals surface area contributed by atoms with Crippen molar-refractivity contribution in [2.45, 2.75) is 12.6 Å². The van der Waals surface area contributed by atoms with Crippen molar-refractivity contribution >= 4 is 23.4 Å². The van der Waals surface area contributed by atoms with E-state index in [2.05, 4.69) is 15.6 Å². The highest BCUT2D eigenvalue weighted by molar-refractivity contribution is 6.31. The van der Waals surface area contributed by atoms with Crippen LogP contribution in [0.25, 0.3) is 0 Å². The normalized spacial score (nSPS) is 11.7.